The third kappa shape index (κ3) is 6.13. The minimum Gasteiger partial charge on any atom is -0.432 e. The highest BCUT2D eigenvalue weighted by Crippen LogP contribution is 2.50. The van der Waals surface area contributed by atoms with Crippen LogP contribution in [0.5, 0.6) is 5.75 Å². The van der Waals surface area contributed by atoms with Crippen LogP contribution >= 0.6 is 0 Å². The average Bonchev–Trinajstić information content (AvgIpc) is 2.87. The van der Waals surface area contributed by atoms with Crippen molar-refractivity contribution >= 4 is 10.8 Å². The molecule has 5 rings (SSSR count). The average molecular weight is 561 g/mol. The largest absolute Gasteiger partial charge is 0.458 e. The van der Waals surface area contributed by atoms with Gasteiger partial charge < -0.3 is 9.47 Å². The number of hydrogen-bond donors (Lipinski definition) is 0. The highest BCUT2D eigenvalue weighted by Gasteiger charge is 2.48. The summed E-state index contributed by atoms with van der Waals surface area (Å²) in [7, 11) is 0. The van der Waals surface area contributed by atoms with E-state index < -0.39 is 57.7 Å². The second-order valence-electron chi connectivity index (χ2n) is 11.0. The maximum absolute atomic E-state index is 15.3. The minimum atomic E-state index is -5.02. The molecule has 0 aromatic heterocycles. The first-order valence-corrected chi connectivity index (χ1v) is 13.3. The summed E-state index contributed by atoms with van der Waals surface area (Å²) in [6.07, 6.45) is -1.26. The number of ether oxygens (including phenoxy) is 2. The second kappa shape index (κ2) is 10.8. The molecule has 0 spiro atoms. The molecule has 0 N–H and O–H groups in total. The predicted molar refractivity (Wildman–Crippen MR) is 128 cm³/mol. The molecule has 1 heterocycles. The molecule has 0 radical (unpaired) electrons. The van der Waals surface area contributed by atoms with Gasteiger partial charge in [-0.1, -0.05) is 5.92 Å². The lowest BCUT2D eigenvalue weighted by molar-refractivity contribution is -0.229. The van der Waals surface area contributed by atoms with E-state index in [0.717, 1.165) is 57.1 Å². The molecule has 2 aromatic rings. The molecule has 10 heteroatoms. The van der Waals surface area contributed by atoms with Crippen LogP contribution in [0.4, 0.5) is 35.1 Å². The lowest BCUT2D eigenvalue weighted by Crippen LogP contribution is -2.43. The number of halogens is 8. The van der Waals surface area contributed by atoms with Crippen LogP contribution in [0.25, 0.3) is 10.8 Å². The Bertz CT molecular complexity index is 1270. The smallest absolute Gasteiger partial charge is 0.432 e. The van der Waals surface area contributed by atoms with Crippen LogP contribution in [0, 0.1) is 53.0 Å². The first kappa shape index (κ1) is 28.0. The summed E-state index contributed by atoms with van der Waals surface area (Å²) >= 11 is 0. The minimum absolute atomic E-state index is 0.130. The molecule has 0 bridgehead atoms. The molecule has 3 fully saturated rings. The Morgan fingerprint density at radius 3 is 2.23 bits per heavy atom. The lowest BCUT2D eigenvalue weighted by atomic mass is 9.63. The van der Waals surface area contributed by atoms with Crippen molar-refractivity contribution in [3.05, 3.63) is 41.2 Å². The van der Waals surface area contributed by atoms with Gasteiger partial charge in [-0.3, -0.25) is 0 Å². The molecule has 0 amide bonds. The van der Waals surface area contributed by atoms with Crippen molar-refractivity contribution in [2.45, 2.75) is 76.2 Å². The van der Waals surface area contributed by atoms with Crippen molar-refractivity contribution in [3.8, 4) is 17.6 Å². The number of rotatable bonds is 4. The molecular formula is C29H28F8O2. The molecule has 2 aliphatic carbocycles. The summed E-state index contributed by atoms with van der Waals surface area (Å²) in [5, 5.41) is -1.34. The van der Waals surface area contributed by atoms with Crippen molar-refractivity contribution in [2.75, 3.05) is 6.61 Å². The molecule has 2 aromatic carbocycles. The highest BCUT2D eigenvalue weighted by molar-refractivity contribution is 5.87. The van der Waals surface area contributed by atoms with E-state index in [4.69, 9.17) is 9.47 Å². The normalized spacial score (nSPS) is 27.9. The van der Waals surface area contributed by atoms with Crippen molar-refractivity contribution in [3.63, 3.8) is 0 Å². The van der Waals surface area contributed by atoms with Gasteiger partial charge in [-0.15, -0.1) is 0 Å². The Labute approximate surface area is 221 Å². The van der Waals surface area contributed by atoms with E-state index >= 15 is 8.78 Å². The fraction of sp³-hybridized carbons (Fsp3) is 0.586. The quantitative estimate of drug-likeness (QED) is 0.276. The summed E-state index contributed by atoms with van der Waals surface area (Å²) in [5.41, 5.74) is -1.26. The van der Waals surface area contributed by atoms with Gasteiger partial charge in [0.15, 0.2) is 5.82 Å². The molecule has 3 aliphatic rings. The fourth-order valence-corrected chi connectivity index (χ4v) is 6.64. The molecule has 5 atom stereocenters. The molecule has 1 saturated heterocycles. The Morgan fingerprint density at radius 2 is 1.51 bits per heavy atom. The maximum Gasteiger partial charge on any atom is 0.458 e. The zero-order valence-corrected chi connectivity index (χ0v) is 21.0. The van der Waals surface area contributed by atoms with Crippen LogP contribution in [0.15, 0.2) is 18.2 Å². The van der Waals surface area contributed by atoms with Gasteiger partial charge in [0.05, 0.1) is 23.0 Å². The Hall–Kier alpha value is -2.54. The summed E-state index contributed by atoms with van der Waals surface area (Å²) in [6, 6.07) is 1.92. The van der Waals surface area contributed by atoms with E-state index in [2.05, 4.69) is 0 Å². The van der Waals surface area contributed by atoms with Gasteiger partial charge in [0.1, 0.15) is 17.4 Å². The SMILES string of the molecule is Fc1cc2cc(OC(F)(F)C3CCC4CC(C5CCCCO5)CCC4C3)cc(F)c2c(F)c1C#CC(F)(F)F. The third-order valence-electron chi connectivity index (χ3n) is 8.51. The predicted octanol–water partition coefficient (Wildman–Crippen LogP) is 8.54. The van der Waals surface area contributed by atoms with Crippen molar-refractivity contribution in [1.82, 2.24) is 0 Å². The van der Waals surface area contributed by atoms with Gasteiger partial charge in [-0.05, 0) is 93.1 Å². The molecule has 5 unspecified atom stereocenters. The van der Waals surface area contributed by atoms with Gasteiger partial charge in [0.25, 0.3) is 0 Å². The zero-order chi connectivity index (χ0) is 27.9. The first-order valence-electron chi connectivity index (χ1n) is 13.3. The van der Waals surface area contributed by atoms with Crippen LogP contribution in [0.1, 0.15) is 63.4 Å². The zero-order valence-electron chi connectivity index (χ0n) is 21.0. The van der Waals surface area contributed by atoms with Crippen LogP contribution in [-0.2, 0) is 4.74 Å². The van der Waals surface area contributed by atoms with Crippen LogP contribution in [-0.4, -0.2) is 25.0 Å². The molecule has 2 saturated carbocycles. The molecule has 1 aliphatic heterocycles. The van der Waals surface area contributed by atoms with E-state index in [1.54, 1.807) is 0 Å². The first-order chi connectivity index (χ1) is 18.4. The fourth-order valence-electron chi connectivity index (χ4n) is 6.64. The van der Waals surface area contributed by atoms with E-state index in [9.17, 15) is 26.3 Å². The molecule has 2 nitrogen and oxygen atoms in total. The van der Waals surface area contributed by atoms with Crippen LogP contribution in [0.2, 0.25) is 0 Å². The van der Waals surface area contributed by atoms with Crippen LogP contribution < -0.4 is 4.74 Å². The van der Waals surface area contributed by atoms with Gasteiger partial charge in [-0.25, -0.2) is 13.2 Å². The number of alkyl halides is 5. The topological polar surface area (TPSA) is 18.5 Å². The summed E-state index contributed by atoms with van der Waals surface area (Å²) < 4.78 is 122. The number of hydrogen-bond acceptors (Lipinski definition) is 2. The molecule has 39 heavy (non-hydrogen) atoms. The van der Waals surface area contributed by atoms with E-state index in [1.807, 2.05) is 0 Å². The Balaban J connectivity index is 1.30. The molecule has 212 valence electrons. The lowest BCUT2D eigenvalue weighted by Gasteiger charge is -2.45. The molecular weight excluding hydrogens is 532 g/mol. The number of fused-ring (bicyclic) bond motifs is 2. The maximum atomic E-state index is 15.3. The summed E-state index contributed by atoms with van der Waals surface area (Å²) in [6.45, 7) is 0.781. The highest BCUT2D eigenvalue weighted by atomic mass is 19.4. The van der Waals surface area contributed by atoms with Crippen molar-refractivity contribution in [2.24, 2.45) is 23.7 Å². The van der Waals surface area contributed by atoms with Crippen molar-refractivity contribution in [1.29, 1.82) is 0 Å². The monoisotopic (exact) mass is 560 g/mol. The third-order valence-corrected chi connectivity index (χ3v) is 8.51. The van der Waals surface area contributed by atoms with Gasteiger partial charge >= 0.3 is 12.3 Å². The summed E-state index contributed by atoms with van der Waals surface area (Å²) in [5.74, 6) is -3.23. The van der Waals surface area contributed by atoms with E-state index in [0.29, 0.717) is 30.4 Å². The van der Waals surface area contributed by atoms with Gasteiger partial charge in [-0.2, -0.15) is 22.0 Å². The van der Waals surface area contributed by atoms with Gasteiger partial charge in [0.2, 0.25) is 0 Å². The van der Waals surface area contributed by atoms with E-state index in [1.165, 1.54) is 5.92 Å². The Kier molecular flexibility index (Phi) is 7.75. The van der Waals surface area contributed by atoms with Crippen LogP contribution in [0.3, 0.4) is 0 Å². The standard InChI is InChI=1S/C29H28F8O2/c30-23-14-19-13-21(15-24(31)26(19)27(32)22(23)8-9-28(33,34)35)39-29(36,37)20-7-6-16-11-18(5-4-17(16)12-20)25-3-1-2-10-38-25/h13-18,20,25H,1-7,10-12H2. The van der Waals surface area contributed by atoms with Gasteiger partial charge in [0, 0.05) is 18.6 Å². The second-order valence-corrected chi connectivity index (χ2v) is 11.0. The number of benzene rings is 2. The summed E-state index contributed by atoms with van der Waals surface area (Å²) in [4.78, 5) is 0. The Morgan fingerprint density at radius 1 is 0.795 bits per heavy atom. The van der Waals surface area contributed by atoms with E-state index in [-0.39, 0.29) is 24.9 Å². The van der Waals surface area contributed by atoms with Crippen molar-refractivity contribution < 1.29 is 44.6 Å².